The highest BCUT2D eigenvalue weighted by atomic mass is 16.6. The summed E-state index contributed by atoms with van der Waals surface area (Å²) in [5.41, 5.74) is 0.626. The molecule has 8 nitrogen and oxygen atoms in total. The molecular formula is C22H22N4O4. The number of carbonyl (C=O) groups excluding carboxylic acids is 2. The molecule has 0 unspecified atom stereocenters. The maximum Gasteiger partial charge on any atom is 0.293 e. The van der Waals surface area contributed by atoms with Gasteiger partial charge in [0.05, 0.1) is 11.5 Å². The minimum absolute atomic E-state index is 0.0320. The van der Waals surface area contributed by atoms with Gasteiger partial charge in [0, 0.05) is 23.4 Å². The molecule has 0 atom stereocenters. The third-order valence-electron chi connectivity index (χ3n) is 4.35. The largest absolute Gasteiger partial charge is 0.371 e. The second-order valence-electron chi connectivity index (χ2n) is 7.08. The number of fused-ring (bicyclic) bond motifs is 1. The third-order valence-corrected chi connectivity index (χ3v) is 4.35. The zero-order valence-corrected chi connectivity index (χ0v) is 16.6. The summed E-state index contributed by atoms with van der Waals surface area (Å²) in [5, 5.41) is 21.7. The number of rotatable bonds is 7. The number of nitro benzene ring substituents is 1. The number of benzene rings is 3. The van der Waals surface area contributed by atoms with Crippen LogP contribution in [0.5, 0.6) is 0 Å². The van der Waals surface area contributed by atoms with Crippen LogP contribution in [0.4, 0.5) is 17.1 Å². The molecule has 2 amide bonds. The van der Waals surface area contributed by atoms with Crippen molar-refractivity contribution in [1.82, 2.24) is 5.32 Å². The molecule has 0 saturated carbocycles. The molecule has 0 radical (unpaired) electrons. The Morgan fingerprint density at radius 2 is 1.73 bits per heavy atom. The van der Waals surface area contributed by atoms with Crippen LogP contribution in [-0.2, 0) is 4.79 Å². The number of anilines is 2. The molecular weight excluding hydrogens is 384 g/mol. The van der Waals surface area contributed by atoms with Gasteiger partial charge in [0.1, 0.15) is 5.69 Å². The van der Waals surface area contributed by atoms with E-state index < -0.39 is 10.8 Å². The molecule has 0 aromatic heterocycles. The van der Waals surface area contributed by atoms with E-state index >= 15 is 0 Å². The highest BCUT2D eigenvalue weighted by molar-refractivity contribution is 6.06. The van der Waals surface area contributed by atoms with Crippen molar-refractivity contribution in [2.45, 2.75) is 19.9 Å². The number of carbonyl (C=O) groups is 2. The minimum atomic E-state index is -0.588. The van der Waals surface area contributed by atoms with Gasteiger partial charge in [-0.3, -0.25) is 19.7 Å². The standard InChI is InChI=1S/C22H22N4O4/c1-14(2)24-21(27)13-23-19-10-8-17(12-20(19)26(29)30)22(28)25-18-9-7-15-5-3-4-6-16(15)11-18/h3-12,14,23H,13H2,1-2H3,(H,24,27)(H,25,28). The average Bonchev–Trinajstić information content (AvgIpc) is 2.71. The van der Waals surface area contributed by atoms with Crippen molar-refractivity contribution in [3.63, 3.8) is 0 Å². The first-order valence-corrected chi connectivity index (χ1v) is 9.45. The molecule has 8 heteroatoms. The first kappa shape index (κ1) is 20.8. The number of hydrogen-bond donors (Lipinski definition) is 3. The van der Waals surface area contributed by atoms with E-state index in [9.17, 15) is 19.7 Å². The van der Waals surface area contributed by atoms with Crippen LogP contribution >= 0.6 is 0 Å². The van der Waals surface area contributed by atoms with E-state index in [4.69, 9.17) is 0 Å². The molecule has 0 aliphatic rings. The third kappa shape index (κ3) is 5.11. The summed E-state index contributed by atoms with van der Waals surface area (Å²) in [4.78, 5) is 35.2. The van der Waals surface area contributed by atoms with Crippen LogP contribution in [0.1, 0.15) is 24.2 Å². The van der Waals surface area contributed by atoms with Crippen molar-refractivity contribution in [2.24, 2.45) is 0 Å². The zero-order chi connectivity index (χ0) is 21.7. The van der Waals surface area contributed by atoms with Crippen molar-refractivity contribution < 1.29 is 14.5 Å². The summed E-state index contributed by atoms with van der Waals surface area (Å²) < 4.78 is 0. The molecule has 0 bridgehead atoms. The summed E-state index contributed by atoms with van der Waals surface area (Å²) in [6.45, 7) is 3.54. The summed E-state index contributed by atoms with van der Waals surface area (Å²) in [5.74, 6) is -0.741. The van der Waals surface area contributed by atoms with Crippen molar-refractivity contribution in [3.8, 4) is 0 Å². The van der Waals surface area contributed by atoms with Gasteiger partial charge in [-0.25, -0.2) is 0 Å². The Labute approximate surface area is 173 Å². The Morgan fingerprint density at radius 3 is 2.43 bits per heavy atom. The van der Waals surface area contributed by atoms with Gasteiger partial charge in [-0.05, 0) is 48.9 Å². The topological polar surface area (TPSA) is 113 Å². The first-order chi connectivity index (χ1) is 14.3. The Balaban J connectivity index is 1.76. The molecule has 3 aromatic carbocycles. The number of nitrogens with zero attached hydrogens (tertiary/aromatic N) is 1. The molecule has 30 heavy (non-hydrogen) atoms. The molecule has 0 heterocycles. The van der Waals surface area contributed by atoms with Crippen LogP contribution in [0.2, 0.25) is 0 Å². The lowest BCUT2D eigenvalue weighted by molar-refractivity contribution is -0.384. The van der Waals surface area contributed by atoms with E-state index in [1.54, 1.807) is 6.07 Å². The zero-order valence-electron chi connectivity index (χ0n) is 16.6. The number of amides is 2. The summed E-state index contributed by atoms with van der Waals surface area (Å²) in [6.07, 6.45) is 0. The fraction of sp³-hybridized carbons (Fsp3) is 0.182. The Morgan fingerprint density at radius 1 is 1.00 bits per heavy atom. The Hall–Kier alpha value is -3.94. The Bertz CT molecular complexity index is 1110. The van der Waals surface area contributed by atoms with Gasteiger partial charge < -0.3 is 16.0 Å². The van der Waals surface area contributed by atoms with Gasteiger partial charge in [0.15, 0.2) is 0 Å². The van der Waals surface area contributed by atoms with Gasteiger partial charge in [0.25, 0.3) is 11.6 Å². The molecule has 0 saturated heterocycles. The second-order valence-corrected chi connectivity index (χ2v) is 7.08. The van der Waals surface area contributed by atoms with Crippen LogP contribution in [-0.4, -0.2) is 29.3 Å². The number of hydrogen-bond acceptors (Lipinski definition) is 5. The van der Waals surface area contributed by atoms with Crippen molar-refractivity contribution >= 4 is 39.6 Å². The van der Waals surface area contributed by atoms with Crippen LogP contribution in [0, 0.1) is 10.1 Å². The molecule has 3 N–H and O–H groups in total. The molecule has 0 fully saturated rings. The predicted molar refractivity (Wildman–Crippen MR) is 117 cm³/mol. The van der Waals surface area contributed by atoms with Gasteiger partial charge in [-0.15, -0.1) is 0 Å². The van der Waals surface area contributed by atoms with Crippen LogP contribution in [0.25, 0.3) is 10.8 Å². The maximum atomic E-state index is 12.6. The normalized spacial score (nSPS) is 10.6. The van der Waals surface area contributed by atoms with Crippen molar-refractivity contribution in [3.05, 3.63) is 76.3 Å². The van der Waals surface area contributed by atoms with E-state index in [-0.39, 0.29) is 35.4 Å². The molecule has 0 aliphatic carbocycles. The maximum absolute atomic E-state index is 12.6. The van der Waals surface area contributed by atoms with E-state index in [2.05, 4.69) is 16.0 Å². The van der Waals surface area contributed by atoms with E-state index in [0.717, 1.165) is 10.8 Å². The Kier molecular flexibility index (Phi) is 6.26. The molecule has 3 rings (SSSR count). The SMILES string of the molecule is CC(C)NC(=O)CNc1ccc(C(=O)Nc2ccc3ccccc3c2)cc1[N+](=O)[O-]. The monoisotopic (exact) mass is 406 g/mol. The fourth-order valence-electron chi connectivity index (χ4n) is 2.99. The number of nitro groups is 1. The fourth-order valence-corrected chi connectivity index (χ4v) is 2.99. The van der Waals surface area contributed by atoms with Crippen molar-refractivity contribution in [1.29, 1.82) is 0 Å². The lowest BCUT2D eigenvalue weighted by Gasteiger charge is -2.11. The van der Waals surface area contributed by atoms with E-state index in [0.29, 0.717) is 5.69 Å². The molecule has 154 valence electrons. The highest BCUT2D eigenvalue weighted by Gasteiger charge is 2.18. The second kappa shape index (κ2) is 9.04. The first-order valence-electron chi connectivity index (χ1n) is 9.45. The highest BCUT2D eigenvalue weighted by Crippen LogP contribution is 2.26. The predicted octanol–water partition coefficient (Wildman–Crippen LogP) is 3.94. The van der Waals surface area contributed by atoms with E-state index in [1.807, 2.05) is 50.2 Å². The van der Waals surface area contributed by atoms with Crippen LogP contribution in [0.15, 0.2) is 60.7 Å². The van der Waals surface area contributed by atoms with Gasteiger partial charge in [0.2, 0.25) is 5.91 Å². The van der Waals surface area contributed by atoms with Gasteiger partial charge in [-0.2, -0.15) is 0 Å². The quantitative estimate of drug-likeness (QED) is 0.406. The van der Waals surface area contributed by atoms with Crippen LogP contribution < -0.4 is 16.0 Å². The smallest absolute Gasteiger partial charge is 0.293 e. The summed E-state index contributed by atoms with van der Waals surface area (Å²) >= 11 is 0. The van der Waals surface area contributed by atoms with Crippen molar-refractivity contribution in [2.75, 3.05) is 17.2 Å². The summed E-state index contributed by atoms with van der Waals surface area (Å²) in [6, 6.07) is 17.3. The number of nitrogens with one attached hydrogen (secondary N) is 3. The molecule has 0 spiro atoms. The lowest BCUT2D eigenvalue weighted by Crippen LogP contribution is -2.34. The minimum Gasteiger partial charge on any atom is -0.371 e. The molecule has 3 aromatic rings. The van der Waals surface area contributed by atoms with Crippen LogP contribution in [0.3, 0.4) is 0 Å². The summed E-state index contributed by atoms with van der Waals surface area (Å²) in [7, 11) is 0. The van der Waals surface area contributed by atoms with E-state index in [1.165, 1.54) is 18.2 Å². The average molecular weight is 406 g/mol. The lowest BCUT2D eigenvalue weighted by atomic mass is 10.1. The van der Waals surface area contributed by atoms with Gasteiger partial charge in [-0.1, -0.05) is 30.3 Å². The van der Waals surface area contributed by atoms with Gasteiger partial charge >= 0.3 is 0 Å². The molecule has 0 aliphatic heterocycles.